The van der Waals surface area contributed by atoms with E-state index in [2.05, 4.69) is 43.5 Å². The van der Waals surface area contributed by atoms with Crippen LogP contribution in [0.4, 0.5) is 0 Å². The second kappa shape index (κ2) is 30.6. The van der Waals surface area contributed by atoms with Crippen LogP contribution < -0.4 is 5.32 Å². The quantitative estimate of drug-likeness (QED) is 0.0404. The molecule has 2 atom stereocenters. The second-order valence-electron chi connectivity index (χ2n) is 12.1. The maximum atomic E-state index is 12.4. The summed E-state index contributed by atoms with van der Waals surface area (Å²) in [5.41, 5.74) is 0. The predicted octanol–water partition coefficient (Wildman–Crippen LogP) is 9.79. The van der Waals surface area contributed by atoms with Crippen LogP contribution in [-0.2, 0) is 14.9 Å². The number of nitrogens with one attached hydrogen (secondary N) is 1. The molecule has 252 valence electrons. The van der Waals surface area contributed by atoms with Crippen LogP contribution in [0.1, 0.15) is 168 Å². The Kier molecular flexibility index (Phi) is 29.6. The fraction of sp³-hybridized carbons (Fsp3) is 0.806. The molecule has 0 aliphatic heterocycles. The molecule has 0 aromatic rings. The monoisotopic (exact) mass is 625 g/mol. The van der Waals surface area contributed by atoms with E-state index in [4.69, 9.17) is 0 Å². The zero-order valence-corrected chi connectivity index (χ0v) is 28.6. The summed E-state index contributed by atoms with van der Waals surface area (Å²) in [6.07, 6.45) is 38.4. The number of amides is 1. The van der Waals surface area contributed by atoms with Gasteiger partial charge in [0.15, 0.2) is 0 Å². The minimum Gasteiger partial charge on any atom is -0.387 e. The molecule has 0 aromatic heterocycles. The topological polar surface area (TPSA) is 104 Å². The Morgan fingerprint density at radius 1 is 0.605 bits per heavy atom. The van der Waals surface area contributed by atoms with Gasteiger partial charge in [0.05, 0.1) is 17.9 Å². The van der Waals surface area contributed by atoms with Gasteiger partial charge in [-0.3, -0.25) is 9.35 Å². The van der Waals surface area contributed by atoms with E-state index in [0.29, 0.717) is 6.42 Å². The number of allylic oxidation sites excluding steroid dienone is 5. The van der Waals surface area contributed by atoms with Crippen LogP contribution in [0, 0.1) is 0 Å². The maximum Gasteiger partial charge on any atom is 0.267 e. The Labute approximate surface area is 266 Å². The Balaban J connectivity index is 4.10. The van der Waals surface area contributed by atoms with Crippen molar-refractivity contribution in [2.24, 2.45) is 0 Å². The van der Waals surface area contributed by atoms with Crippen LogP contribution in [0.15, 0.2) is 36.5 Å². The van der Waals surface area contributed by atoms with Gasteiger partial charge in [-0.05, 0) is 44.9 Å². The van der Waals surface area contributed by atoms with Gasteiger partial charge in [0.25, 0.3) is 10.1 Å². The molecule has 0 fully saturated rings. The Bertz CT molecular complexity index is 821. The van der Waals surface area contributed by atoms with Gasteiger partial charge in [0, 0.05) is 6.42 Å². The van der Waals surface area contributed by atoms with E-state index in [1.807, 2.05) is 0 Å². The van der Waals surface area contributed by atoms with Gasteiger partial charge in [-0.2, -0.15) is 8.42 Å². The van der Waals surface area contributed by atoms with Gasteiger partial charge in [0.1, 0.15) is 0 Å². The molecular formula is C36H67NO5S. The van der Waals surface area contributed by atoms with Crippen LogP contribution in [0.25, 0.3) is 0 Å². The number of unbranched alkanes of at least 4 members (excludes halogenated alkanes) is 19. The SMILES string of the molecule is CCCCCCCCC/C=C/CC/C=C/CC/C=C/C(O)C(CS(=O)(=O)O)NC(=O)CCCCCCCCCCCCC. The molecule has 0 aliphatic carbocycles. The van der Waals surface area contributed by atoms with Crippen molar-refractivity contribution in [1.29, 1.82) is 0 Å². The van der Waals surface area contributed by atoms with Gasteiger partial charge >= 0.3 is 0 Å². The lowest BCUT2D eigenvalue weighted by Gasteiger charge is -2.21. The third-order valence-corrected chi connectivity index (χ3v) is 8.58. The summed E-state index contributed by atoms with van der Waals surface area (Å²) < 4.78 is 32.3. The molecule has 7 heteroatoms. The predicted molar refractivity (Wildman–Crippen MR) is 184 cm³/mol. The number of hydrogen-bond donors (Lipinski definition) is 3. The molecule has 0 saturated carbocycles. The van der Waals surface area contributed by atoms with E-state index in [0.717, 1.165) is 38.5 Å². The number of aliphatic hydroxyl groups excluding tert-OH is 1. The fourth-order valence-electron chi connectivity index (χ4n) is 5.13. The van der Waals surface area contributed by atoms with Crippen molar-refractivity contribution in [3.8, 4) is 0 Å². The molecule has 1 amide bonds. The van der Waals surface area contributed by atoms with Crippen molar-refractivity contribution in [2.45, 2.75) is 180 Å². The van der Waals surface area contributed by atoms with Crippen molar-refractivity contribution in [3.05, 3.63) is 36.5 Å². The summed E-state index contributed by atoms with van der Waals surface area (Å²) in [5.74, 6) is -1.01. The third kappa shape index (κ3) is 31.8. The summed E-state index contributed by atoms with van der Waals surface area (Å²) in [4.78, 5) is 12.4. The Hall–Kier alpha value is -1.44. The normalized spacial score (nSPS) is 13.9. The van der Waals surface area contributed by atoms with Crippen molar-refractivity contribution < 1.29 is 22.9 Å². The molecule has 0 aliphatic rings. The highest BCUT2D eigenvalue weighted by atomic mass is 32.2. The number of carbonyl (C=O) groups excluding carboxylic acids is 1. The van der Waals surface area contributed by atoms with E-state index in [1.54, 1.807) is 6.08 Å². The molecule has 43 heavy (non-hydrogen) atoms. The fourth-order valence-corrected chi connectivity index (χ4v) is 5.86. The van der Waals surface area contributed by atoms with Gasteiger partial charge in [-0.15, -0.1) is 0 Å². The highest BCUT2D eigenvalue weighted by molar-refractivity contribution is 7.85. The van der Waals surface area contributed by atoms with E-state index in [-0.39, 0.29) is 12.3 Å². The molecule has 3 N–H and O–H groups in total. The average molecular weight is 626 g/mol. The maximum absolute atomic E-state index is 12.4. The summed E-state index contributed by atoms with van der Waals surface area (Å²) in [6.45, 7) is 4.48. The highest BCUT2D eigenvalue weighted by Gasteiger charge is 2.24. The molecule has 0 heterocycles. The summed E-state index contributed by atoms with van der Waals surface area (Å²) in [7, 11) is -4.35. The third-order valence-electron chi connectivity index (χ3n) is 7.80. The number of aliphatic hydroxyl groups is 1. The molecule has 0 spiro atoms. The molecule has 0 aromatic carbocycles. The van der Waals surface area contributed by atoms with Crippen molar-refractivity contribution in [3.63, 3.8) is 0 Å². The summed E-state index contributed by atoms with van der Waals surface area (Å²) in [5, 5.41) is 13.1. The van der Waals surface area contributed by atoms with Gasteiger partial charge in [-0.25, -0.2) is 0 Å². The average Bonchev–Trinajstić information content (AvgIpc) is 2.96. The molecular weight excluding hydrogens is 558 g/mol. The minimum absolute atomic E-state index is 0.286. The van der Waals surface area contributed by atoms with Crippen LogP contribution in [-0.4, -0.2) is 41.9 Å². The molecule has 6 nitrogen and oxygen atoms in total. The standard InChI is InChI=1S/C36H67NO5S/c1-3-5-7-9-11-13-15-16-17-18-19-20-22-23-25-27-29-31-35(38)34(33-43(40,41)42)37-36(39)32-30-28-26-24-21-14-12-10-8-6-4-2/h17-18,22-23,29,31,34-35,38H,3-16,19-21,24-28,30,32-33H2,1-2H3,(H,37,39)(H,40,41,42)/b18-17+,23-22+,31-29+. The second-order valence-corrected chi connectivity index (χ2v) is 13.6. The first-order valence-electron chi connectivity index (χ1n) is 17.7. The lowest BCUT2D eigenvalue weighted by atomic mass is 10.0. The van der Waals surface area contributed by atoms with Crippen LogP contribution in [0.3, 0.4) is 0 Å². The van der Waals surface area contributed by atoms with Crippen molar-refractivity contribution in [2.75, 3.05) is 5.75 Å². The molecule has 0 radical (unpaired) electrons. The Morgan fingerprint density at radius 2 is 1.00 bits per heavy atom. The highest BCUT2D eigenvalue weighted by Crippen LogP contribution is 2.13. The van der Waals surface area contributed by atoms with Crippen LogP contribution in [0.5, 0.6) is 0 Å². The van der Waals surface area contributed by atoms with E-state index in [1.165, 1.54) is 109 Å². The zero-order valence-electron chi connectivity index (χ0n) is 27.8. The summed E-state index contributed by atoms with van der Waals surface area (Å²) in [6, 6.07) is -1.07. The first-order valence-corrected chi connectivity index (χ1v) is 19.3. The number of rotatable bonds is 31. The van der Waals surface area contributed by atoms with E-state index < -0.39 is 28.0 Å². The largest absolute Gasteiger partial charge is 0.387 e. The summed E-state index contributed by atoms with van der Waals surface area (Å²) >= 11 is 0. The van der Waals surface area contributed by atoms with E-state index >= 15 is 0 Å². The lowest BCUT2D eigenvalue weighted by Crippen LogP contribution is -2.46. The minimum atomic E-state index is -4.35. The molecule has 0 saturated heterocycles. The first kappa shape index (κ1) is 41.6. The van der Waals surface area contributed by atoms with Crippen molar-refractivity contribution in [1.82, 2.24) is 5.32 Å². The van der Waals surface area contributed by atoms with Crippen LogP contribution >= 0.6 is 0 Å². The zero-order chi connectivity index (χ0) is 31.9. The molecule has 0 bridgehead atoms. The van der Waals surface area contributed by atoms with Gasteiger partial charge < -0.3 is 10.4 Å². The molecule has 2 unspecified atom stereocenters. The van der Waals surface area contributed by atoms with Crippen molar-refractivity contribution >= 4 is 16.0 Å². The number of carbonyl (C=O) groups is 1. The molecule has 0 rings (SSSR count). The van der Waals surface area contributed by atoms with Gasteiger partial charge in [0.2, 0.25) is 5.91 Å². The Morgan fingerprint density at radius 3 is 1.47 bits per heavy atom. The lowest BCUT2D eigenvalue weighted by molar-refractivity contribution is -0.122. The van der Waals surface area contributed by atoms with E-state index in [9.17, 15) is 22.9 Å². The van der Waals surface area contributed by atoms with Crippen LogP contribution in [0.2, 0.25) is 0 Å². The van der Waals surface area contributed by atoms with Gasteiger partial charge in [-0.1, -0.05) is 153 Å². The number of hydrogen-bond acceptors (Lipinski definition) is 4. The smallest absolute Gasteiger partial charge is 0.267 e. The first-order chi connectivity index (χ1) is 20.8.